The number of halogens is 2. The van der Waals surface area contributed by atoms with Gasteiger partial charge in [0.05, 0.1) is 98.6 Å². The van der Waals surface area contributed by atoms with Crippen molar-refractivity contribution in [1.29, 1.82) is 0 Å². The number of nitrogens with two attached hydrogens (primary N) is 3. The lowest BCUT2D eigenvalue weighted by atomic mass is 10.0. The SMILES string of the molecule is COc1c(C)cnc(CN2C(=O)/C(=C\c3ncc(CCC(C)C)[nH]3)c3c(Cl)nc(N)nc32)c1C.COc1c(C)cnc(CN2C(=O)/C(=C\c3ncc(CCC4CCCC4)[nH]3)c3c(Cl)nc(N)nc32)c1C.COc1nc(N)nc2c1/C(=C/c1ncc[nH]1)C(=O)N2Cc1ncc(C)c(OC)c1C. The lowest BCUT2D eigenvalue weighted by molar-refractivity contribution is -0.113. The van der Waals surface area contributed by atoms with Gasteiger partial charge in [-0.1, -0.05) is 62.7 Å². The van der Waals surface area contributed by atoms with Gasteiger partial charge in [0.15, 0.2) is 17.5 Å². The van der Waals surface area contributed by atoms with Gasteiger partial charge in [-0.2, -0.15) is 19.9 Å². The zero-order chi connectivity index (χ0) is 71.4. The molecule has 0 atom stereocenters. The molecule has 0 unspecified atom stereocenters. The maximum absolute atomic E-state index is 13.7. The number of imidazole rings is 3. The summed E-state index contributed by atoms with van der Waals surface area (Å²) < 4.78 is 21.9. The molecule has 28 nitrogen and oxygen atoms in total. The van der Waals surface area contributed by atoms with Crippen molar-refractivity contribution < 1.29 is 33.3 Å². The number of carbonyl (C=O) groups is 3. The molecule has 0 spiro atoms. The van der Waals surface area contributed by atoms with E-state index in [0.717, 1.165) is 93.6 Å². The number of amides is 3. The van der Waals surface area contributed by atoms with E-state index in [1.165, 1.54) is 47.5 Å². The Hall–Kier alpha value is -10.9. The minimum atomic E-state index is -0.280. The van der Waals surface area contributed by atoms with Gasteiger partial charge in [0.1, 0.15) is 45.0 Å². The van der Waals surface area contributed by atoms with E-state index in [1.807, 2.05) is 47.7 Å². The predicted octanol–water partition coefficient (Wildman–Crippen LogP) is 10.7. The topological polar surface area (TPSA) is 378 Å². The van der Waals surface area contributed by atoms with Gasteiger partial charge in [-0.05, 0) is 97.3 Å². The third-order valence-electron chi connectivity index (χ3n) is 17.9. The highest BCUT2D eigenvalue weighted by atomic mass is 35.5. The van der Waals surface area contributed by atoms with Crippen LogP contribution in [0.4, 0.5) is 35.3 Å². The van der Waals surface area contributed by atoms with Crippen LogP contribution in [0.3, 0.4) is 0 Å². The molecule has 100 heavy (non-hydrogen) atoms. The number of anilines is 6. The van der Waals surface area contributed by atoms with E-state index in [9.17, 15) is 14.4 Å². The van der Waals surface area contributed by atoms with Crippen LogP contribution in [0.1, 0.15) is 148 Å². The summed E-state index contributed by atoms with van der Waals surface area (Å²) in [7, 11) is 6.31. The van der Waals surface area contributed by atoms with Gasteiger partial charge >= 0.3 is 0 Å². The lowest BCUT2D eigenvalue weighted by Crippen LogP contribution is -2.27. The quantitative estimate of drug-likeness (QED) is 0.0323. The number of rotatable bonds is 19. The molecule has 4 aliphatic rings. The van der Waals surface area contributed by atoms with Crippen LogP contribution in [0.25, 0.3) is 34.9 Å². The molecule has 3 aliphatic heterocycles. The second kappa shape index (κ2) is 30.1. The molecule has 0 saturated heterocycles. The average molecular weight is 1400 g/mol. The molecule has 9 aromatic heterocycles. The summed E-state index contributed by atoms with van der Waals surface area (Å²) in [5.41, 5.74) is 29.5. The Bertz CT molecular complexity index is 4710. The third kappa shape index (κ3) is 14.6. The van der Waals surface area contributed by atoms with Gasteiger partial charge in [0, 0.05) is 88.1 Å². The van der Waals surface area contributed by atoms with Crippen LogP contribution in [-0.4, -0.2) is 121 Å². The predicted molar refractivity (Wildman–Crippen MR) is 383 cm³/mol. The maximum Gasteiger partial charge on any atom is 0.260 e. The maximum atomic E-state index is 13.7. The van der Waals surface area contributed by atoms with Gasteiger partial charge in [-0.3, -0.25) is 44.0 Å². The van der Waals surface area contributed by atoms with E-state index >= 15 is 0 Å². The molecule has 0 radical (unpaired) electrons. The number of hydrogen-bond donors (Lipinski definition) is 6. The molecule has 3 amide bonds. The number of nitrogens with one attached hydrogen (secondary N) is 3. The van der Waals surface area contributed by atoms with Crippen LogP contribution in [-0.2, 0) is 46.9 Å². The largest absolute Gasteiger partial charge is 0.496 e. The number of carbonyl (C=O) groups excluding carboxylic acids is 3. The van der Waals surface area contributed by atoms with Crippen molar-refractivity contribution in [2.45, 2.75) is 126 Å². The van der Waals surface area contributed by atoms with Gasteiger partial charge in [0.2, 0.25) is 23.7 Å². The lowest BCUT2D eigenvalue weighted by Gasteiger charge is -2.19. The second-order valence-corrected chi connectivity index (χ2v) is 25.8. The number of methoxy groups -OCH3 is 4. The van der Waals surface area contributed by atoms with E-state index in [4.69, 9.17) is 59.4 Å². The van der Waals surface area contributed by atoms with E-state index in [-0.39, 0.29) is 71.4 Å². The highest BCUT2D eigenvalue weighted by Crippen LogP contribution is 2.46. The first kappa shape index (κ1) is 70.4. The van der Waals surface area contributed by atoms with Crippen molar-refractivity contribution in [2.24, 2.45) is 11.8 Å². The zero-order valence-electron chi connectivity index (χ0n) is 57.8. The van der Waals surface area contributed by atoms with Crippen LogP contribution >= 0.6 is 23.2 Å². The molecule has 9 aromatic rings. The molecule has 13 rings (SSSR count). The summed E-state index contributed by atoms with van der Waals surface area (Å²) in [6.07, 6.45) is 26.4. The Labute approximate surface area is 587 Å². The first-order chi connectivity index (χ1) is 48.0. The number of H-pyrrole nitrogens is 3. The minimum Gasteiger partial charge on any atom is -0.496 e. The third-order valence-corrected chi connectivity index (χ3v) is 18.5. The molecule has 0 aromatic carbocycles. The highest BCUT2D eigenvalue weighted by molar-refractivity contribution is 6.42. The Morgan fingerprint density at radius 2 is 0.920 bits per heavy atom. The van der Waals surface area contributed by atoms with Crippen molar-refractivity contribution >= 4 is 111 Å². The summed E-state index contributed by atoms with van der Waals surface area (Å²) >= 11 is 12.9. The number of aryl methyl sites for hydroxylation is 5. The summed E-state index contributed by atoms with van der Waals surface area (Å²) in [6.45, 7) is 16.4. The Morgan fingerprint density at radius 1 is 0.520 bits per heavy atom. The van der Waals surface area contributed by atoms with Crippen LogP contribution < -0.4 is 50.8 Å². The van der Waals surface area contributed by atoms with Crippen LogP contribution in [0.15, 0.2) is 43.4 Å². The molecular weight excluding hydrogens is 1320 g/mol. The van der Waals surface area contributed by atoms with Gasteiger partial charge in [-0.15, -0.1) is 0 Å². The number of nitrogens with zero attached hydrogens (tertiary/aromatic N) is 15. The number of hydrogen-bond acceptors (Lipinski definition) is 22. The number of nitrogen functional groups attached to an aromatic ring is 3. The number of pyridine rings is 3. The molecule has 1 fully saturated rings. The van der Waals surface area contributed by atoms with E-state index < -0.39 is 0 Å². The Kier molecular flexibility index (Phi) is 21.2. The van der Waals surface area contributed by atoms with Gasteiger partial charge in [-0.25, -0.2) is 24.9 Å². The van der Waals surface area contributed by atoms with Crippen molar-refractivity contribution in [3.8, 4) is 23.1 Å². The normalized spacial score (nSPS) is 15.2. The minimum absolute atomic E-state index is 0.00355. The molecule has 12 heterocycles. The fraction of sp³-hybridized carbons (Fsp3) is 0.357. The monoisotopic (exact) mass is 1400 g/mol. The molecule has 9 N–H and O–H groups in total. The number of ether oxygens (including phenoxy) is 4. The van der Waals surface area contributed by atoms with Crippen LogP contribution in [0, 0.1) is 53.4 Å². The summed E-state index contributed by atoms with van der Waals surface area (Å²) in [6, 6.07) is 0. The second-order valence-electron chi connectivity index (χ2n) is 25.1. The molecular formula is C70H79Cl2N21O7. The van der Waals surface area contributed by atoms with E-state index in [0.29, 0.717) is 91.3 Å². The first-order valence-corrected chi connectivity index (χ1v) is 33.3. The zero-order valence-corrected chi connectivity index (χ0v) is 59.3. The number of fused-ring (bicyclic) bond motifs is 3. The Balaban J connectivity index is 0.000000152. The van der Waals surface area contributed by atoms with Gasteiger partial charge < -0.3 is 51.1 Å². The van der Waals surface area contributed by atoms with E-state index in [1.54, 1.807) is 76.7 Å². The van der Waals surface area contributed by atoms with Crippen molar-refractivity contribution in [2.75, 3.05) is 60.3 Å². The molecule has 1 saturated carbocycles. The van der Waals surface area contributed by atoms with Gasteiger partial charge in [0.25, 0.3) is 17.7 Å². The van der Waals surface area contributed by atoms with Crippen molar-refractivity contribution in [3.63, 3.8) is 0 Å². The Morgan fingerprint density at radius 3 is 1.32 bits per heavy atom. The van der Waals surface area contributed by atoms with Crippen molar-refractivity contribution in [3.05, 3.63) is 150 Å². The molecule has 0 bridgehead atoms. The highest BCUT2D eigenvalue weighted by Gasteiger charge is 2.41. The number of aromatic amines is 3. The van der Waals surface area contributed by atoms with Crippen LogP contribution in [0.5, 0.6) is 23.1 Å². The molecule has 520 valence electrons. The van der Waals surface area contributed by atoms with Crippen LogP contribution in [0.2, 0.25) is 10.3 Å². The standard InChI is InChI=1S/C26H30ClN7O2.C24H28ClN7O2.C20H21N7O3/c1-14-11-29-19(15(2)22(14)36-3)13-34-24-21(23(27)32-26(28)33-24)18(25(34)35)10-20-30-12-17(31-20)9-8-16-6-4-5-7-16;1-12(2)6-7-15-10-28-18(29-15)8-16-19-21(25)30-24(26)31-22(19)32(23(16)33)11-17-14(4)20(34-5)13(3)9-27-17;1-10-8-24-13(11(2)16(10)29-3)9-27-17-15(18(30-4)26-20(21)25-17)12(19(27)28)7-14-22-5-6-23-14/h10-12,16H,4-9,13H2,1-3H3,(H,30,31)(H2,28,32,33);8-10,12H,6-7,11H2,1-5H3,(H,28,29)(H2,26,30,31);5-8H,9H2,1-4H3,(H,22,23)(H2,21,25,26)/b18-10-;16-8-;12-7-. The fourth-order valence-corrected chi connectivity index (χ4v) is 13.4. The molecule has 1 aliphatic carbocycles. The smallest absolute Gasteiger partial charge is 0.260 e. The summed E-state index contributed by atoms with van der Waals surface area (Å²) in [4.78, 5) is 107. The van der Waals surface area contributed by atoms with Crippen molar-refractivity contribution in [1.82, 2.24) is 74.8 Å². The summed E-state index contributed by atoms with van der Waals surface area (Å²) in [5, 5.41) is 0.237. The number of aromatic nitrogens is 15. The van der Waals surface area contributed by atoms with E-state index in [2.05, 4.69) is 88.6 Å². The summed E-state index contributed by atoms with van der Waals surface area (Å²) in [5.74, 6) is 5.73. The molecule has 30 heteroatoms. The fourth-order valence-electron chi connectivity index (χ4n) is 12.8. The first-order valence-electron chi connectivity index (χ1n) is 32.5. The average Bonchev–Trinajstić information content (AvgIpc) is 1.61.